The molecule has 6 nitrogen and oxygen atoms in total. The zero-order valence-electron chi connectivity index (χ0n) is 21.4. The van der Waals surface area contributed by atoms with E-state index < -0.39 is 0 Å². The van der Waals surface area contributed by atoms with Crippen LogP contribution in [0.3, 0.4) is 0 Å². The first kappa shape index (κ1) is 26.3. The maximum absolute atomic E-state index is 13.3. The monoisotopic (exact) mass is 486 g/mol. The highest BCUT2D eigenvalue weighted by Gasteiger charge is 2.28. The summed E-state index contributed by atoms with van der Waals surface area (Å²) < 4.78 is 0. The summed E-state index contributed by atoms with van der Waals surface area (Å²) in [6, 6.07) is 6.75. The van der Waals surface area contributed by atoms with Crippen molar-refractivity contribution in [2.45, 2.75) is 78.4 Å². The van der Waals surface area contributed by atoms with Gasteiger partial charge < -0.3 is 20.1 Å². The van der Waals surface area contributed by atoms with Crippen LogP contribution in [0, 0.1) is 13.8 Å². The molecule has 1 fully saturated rings. The Balaban J connectivity index is 1.86. The van der Waals surface area contributed by atoms with Gasteiger partial charge >= 0.3 is 0 Å². The van der Waals surface area contributed by atoms with Gasteiger partial charge in [-0.15, -0.1) is 0 Å². The number of rotatable bonds is 8. The standard InChI is InChI=1S/C27H39ClN4O2/c1-7-22-23(26(33)29-16-24-17(3)13-18(4)30-27(24)34)14-19(28)15-25(22)32(8-2)21-11-9-20(10-12-21)31(5)6/h13-15,20-21H,7-12,16H2,1-6H3,(H,29,33)(H,30,34). The number of carbonyl (C=O) groups is 1. The van der Waals surface area contributed by atoms with Crippen LogP contribution in [-0.2, 0) is 13.0 Å². The van der Waals surface area contributed by atoms with Crippen LogP contribution in [0.2, 0.25) is 5.02 Å². The minimum Gasteiger partial charge on any atom is -0.369 e. The molecule has 2 aromatic rings. The topological polar surface area (TPSA) is 68.4 Å². The van der Waals surface area contributed by atoms with Crippen molar-refractivity contribution >= 4 is 23.2 Å². The first-order valence-corrected chi connectivity index (χ1v) is 12.8. The van der Waals surface area contributed by atoms with E-state index in [2.05, 4.69) is 48.0 Å². The van der Waals surface area contributed by atoms with E-state index in [1.165, 1.54) is 12.8 Å². The number of hydrogen-bond donors (Lipinski definition) is 2. The van der Waals surface area contributed by atoms with Crippen LogP contribution in [0.15, 0.2) is 23.0 Å². The third-order valence-corrected chi connectivity index (χ3v) is 7.41. The molecule has 1 aromatic heterocycles. The van der Waals surface area contributed by atoms with Crippen LogP contribution >= 0.6 is 11.6 Å². The van der Waals surface area contributed by atoms with Crippen molar-refractivity contribution in [1.29, 1.82) is 0 Å². The van der Waals surface area contributed by atoms with Gasteiger partial charge in [0.1, 0.15) is 0 Å². The predicted octanol–water partition coefficient (Wildman–Crippen LogP) is 4.84. The molecule has 3 rings (SSSR count). The Kier molecular flexibility index (Phi) is 8.83. The van der Waals surface area contributed by atoms with E-state index in [4.69, 9.17) is 11.6 Å². The molecule has 34 heavy (non-hydrogen) atoms. The van der Waals surface area contributed by atoms with Crippen molar-refractivity contribution < 1.29 is 4.79 Å². The van der Waals surface area contributed by atoms with Crippen molar-refractivity contribution in [2.75, 3.05) is 25.5 Å². The van der Waals surface area contributed by atoms with E-state index in [0.717, 1.165) is 48.3 Å². The van der Waals surface area contributed by atoms with Crippen LogP contribution in [0.4, 0.5) is 5.69 Å². The van der Waals surface area contributed by atoms with Gasteiger partial charge in [-0.05, 0) is 96.3 Å². The van der Waals surface area contributed by atoms with Crippen molar-refractivity contribution in [1.82, 2.24) is 15.2 Å². The summed E-state index contributed by atoms with van der Waals surface area (Å²) in [4.78, 5) is 33.2. The third kappa shape index (κ3) is 5.84. The zero-order valence-corrected chi connectivity index (χ0v) is 22.2. The number of aromatic amines is 1. The van der Waals surface area contributed by atoms with Crippen LogP contribution in [-0.4, -0.2) is 48.5 Å². The highest BCUT2D eigenvalue weighted by atomic mass is 35.5. The number of nitrogens with one attached hydrogen (secondary N) is 2. The molecule has 0 saturated heterocycles. The minimum absolute atomic E-state index is 0.161. The summed E-state index contributed by atoms with van der Waals surface area (Å²) in [5.41, 5.74) is 4.75. The quantitative estimate of drug-likeness (QED) is 0.560. The zero-order chi connectivity index (χ0) is 25.0. The van der Waals surface area contributed by atoms with Gasteiger partial charge in [0, 0.05) is 52.7 Å². The maximum Gasteiger partial charge on any atom is 0.253 e. The average molecular weight is 487 g/mol. The summed E-state index contributed by atoms with van der Waals surface area (Å²) in [6.07, 6.45) is 5.33. The predicted molar refractivity (Wildman–Crippen MR) is 141 cm³/mol. The summed E-state index contributed by atoms with van der Waals surface area (Å²) in [6.45, 7) is 9.04. The molecule has 1 aliphatic carbocycles. The Labute approximate surface area is 208 Å². The van der Waals surface area contributed by atoms with E-state index in [1.807, 2.05) is 26.0 Å². The molecule has 0 aliphatic heterocycles. The lowest BCUT2D eigenvalue weighted by molar-refractivity contribution is 0.0950. The highest BCUT2D eigenvalue weighted by molar-refractivity contribution is 6.31. The average Bonchev–Trinajstić information content (AvgIpc) is 2.78. The number of hydrogen-bond acceptors (Lipinski definition) is 4. The Morgan fingerprint density at radius 2 is 1.71 bits per heavy atom. The van der Waals surface area contributed by atoms with Crippen molar-refractivity contribution in [3.63, 3.8) is 0 Å². The molecule has 1 aromatic carbocycles. The summed E-state index contributed by atoms with van der Waals surface area (Å²) in [5, 5.41) is 3.52. The maximum atomic E-state index is 13.3. The molecular weight excluding hydrogens is 448 g/mol. The molecule has 1 saturated carbocycles. The molecule has 0 spiro atoms. The third-order valence-electron chi connectivity index (χ3n) is 7.20. The van der Waals surface area contributed by atoms with Gasteiger partial charge in [0.05, 0.1) is 0 Å². The molecule has 2 N–H and O–H groups in total. The van der Waals surface area contributed by atoms with Crippen molar-refractivity contribution in [2.24, 2.45) is 0 Å². The van der Waals surface area contributed by atoms with Gasteiger partial charge in [0.15, 0.2) is 0 Å². The highest BCUT2D eigenvalue weighted by Crippen LogP contribution is 2.34. The van der Waals surface area contributed by atoms with Crippen molar-refractivity contribution in [3.05, 3.63) is 61.5 Å². The minimum atomic E-state index is -0.202. The number of halogens is 1. The summed E-state index contributed by atoms with van der Waals surface area (Å²) in [5.74, 6) is -0.202. The summed E-state index contributed by atoms with van der Waals surface area (Å²) >= 11 is 6.54. The molecule has 0 atom stereocenters. The van der Waals surface area contributed by atoms with Gasteiger partial charge in [-0.25, -0.2) is 0 Å². The van der Waals surface area contributed by atoms with Gasteiger partial charge in [-0.3, -0.25) is 9.59 Å². The second-order valence-corrected chi connectivity index (χ2v) is 10.1. The number of anilines is 1. The van der Waals surface area contributed by atoms with E-state index in [0.29, 0.717) is 28.2 Å². The molecule has 186 valence electrons. The second-order valence-electron chi connectivity index (χ2n) is 9.64. The number of aromatic nitrogens is 1. The molecule has 1 heterocycles. The van der Waals surface area contributed by atoms with Crippen LogP contribution in [0.1, 0.15) is 72.3 Å². The molecule has 0 radical (unpaired) electrons. The number of nitrogens with zero attached hydrogens (tertiary/aromatic N) is 2. The Morgan fingerprint density at radius 3 is 2.26 bits per heavy atom. The fraction of sp³-hybridized carbons (Fsp3) is 0.556. The lowest BCUT2D eigenvalue weighted by Crippen LogP contribution is -2.42. The van der Waals surface area contributed by atoms with E-state index in [-0.39, 0.29) is 18.0 Å². The summed E-state index contributed by atoms with van der Waals surface area (Å²) in [7, 11) is 4.32. The largest absolute Gasteiger partial charge is 0.369 e. The normalized spacial score (nSPS) is 18.2. The Morgan fingerprint density at radius 1 is 1.06 bits per heavy atom. The SMILES string of the molecule is CCc1c(C(=O)NCc2c(C)cc(C)[nH]c2=O)cc(Cl)cc1N(CC)C1CCC(N(C)C)CC1. The number of H-pyrrole nitrogens is 1. The first-order valence-electron chi connectivity index (χ1n) is 12.4. The van der Waals surface area contributed by atoms with E-state index in [1.54, 1.807) is 6.07 Å². The van der Waals surface area contributed by atoms with E-state index >= 15 is 0 Å². The number of benzene rings is 1. The van der Waals surface area contributed by atoms with Gasteiger partial charge in [-0.1, -0.05) is 18.5 Å². The molecule has 0 bridgehead atoms. The van der Waals surface area contributed by atoms with E-state index in [9.17, 15) is 9.59 Å². The second kappa shape index (κ2) is 11.4. The van der Waals surface area contributed by atoms with Crippen LogP contribution in [0.5, 0.6) is 0 Å². The van der Waals surface area contributed by atoms with Crippen LogP contribution in [0.25, 0.3) is 0 Å². The molecule has 1 amide bonds. The van der Waals surface area contributed by atoms with Gasteiger partial charge in [0.25, 0.3) is 11.5 Å². The molecule has 7 heteroatoms. The fourth-order valence-corrected chi connectivity index (χ4v) is 5.54. The number of aryl methyl sites for hydroxylation is 2. The number of carbonyl (C=O) groups excluding carboxylic acids is 1. The van der Waals surface area contributed by atoms with Gasteiger partial charge in [-0.2, -0.15) is 0 Å². The molecular formula is C27H39ClN4O2. The van der Waals surface area contributed by atoms with Crippen LogP contribution < -0.4 is 15.8 Å². The lowest BCUT2D eigenvalue weighted by atomic mass is 9.88. The first-order chi connectivity index (χ1) is 16.2. The lowest BCUT2D eigenvalue weighted by Gasteiger charge is -2.40. The Hall–Kier alpha value is -2.31. The number of pyridine rings is 1. The Bertz CT molecular complexity index is 1070. The van der Waals surface area contributed by atoms with Gasteiger partial charge in [0.2, 0.25) is 0 Å². The molecule has 1 aliphatic rings. The fourth-order valence-electron chi connectivity index (χ4n) is 5.33. The number of amides is 1. The molecule has 0 unspecified atom stereocenters. The van der Waals surface area contributed by atoms with Crippen molar-refractivity contribution in [3.8, 4) is 0 Å². The smallest absolute Gasteiger partial charge is 0.253 e.